The Kier molecular flexibility index (Phi) is 3.66. The molecule has 1 aromatic heterocycles. The van der Waals surface area contributed by atoms with Crippen LogP contribution in [0, 0.1) is 6.92 Å². The molecule has 0 unspecified atom stereocenters. The molecule has 1 N–H and O–H groups in total. The largest absolute Gasteiger partial charge is 0.493 e. The Morgan fingerprint density at radius 2 is 2.00 bits per heavy atom. The minimum atomic E-state index is -0.899. The molecule has 0 fully saturated rings. The molecular formula is C14H16O4S. The van der Waals surface area contributed by atoms with Crippen molar-refractivity contribution >= 4 is 27.4 Å². The van der Waals surface area contributed by atoms with Gasteiger partial charge in [0.25, 0.3) is 0 Å². The number of carboxylic acid groups (broad SMARTS) is 1. The number of thiophene rings is 1. The maximum absolute atomic E-state index is 11.2. The van der Waals surface area contributed by atoms with Crippen molar-refractivity contribution in [2.75, 3.05) is 7.11 Å². The SMILES string of the molecule is COc1cc2sc(C(=O)O)c(C)c2cc1OC(C)C. The van der Waals surface area contributed by atoms with E-state index in [1.54, 1.807) is 7.11 Å². The number of carboxylic acids is 1. The van der Waals surface area contributed by atoms with Crippen LogP contribution < -0.4 is 9.47 Å². The molecule has 0 aliphatic carbocycles. The molecule has 0 atom stereocenters. The molecule has 0 saturated heterocycles. The van der Waals surface area contributed by atoms with Gasteiger partial charge in [0, 0.05) is 16.2 Å². The molecule has 1 heterocycles. The lowest BCUT2D eigenvalue weighted by molar-refractivity contribution is 0.0701. The van der Waals surface area contributed by atoms with Gasteiger partial charge in [0.1, 0.15) is 4.88 Å². The second-order valence-corrected chi connectivity index (χ2v) is 5.58. The van der Waals surface area contributed by atoms with Gasteiger partial charge >= 0.3 is 5.97 Å². The van der Waals surface area contributed by atoms with Crippen molar-refractivity contribution in [3.63, 3.8) is 0 Å². The molecule has 0 radical (unpaired) electrons. The van der Waals surface area contributed by atoms with Crippen LogP contribution in [0.4, 0.5) is 0 Å². The Hall–Kier alpha value is -1.75. The summed E-state index contributed by atoms with van der Waals surface area (Å²) in [5.41, 5.74) is 0.767. The molecule has 102 valence electrons. The number of benzene rings is 1. The number of rotatable bonds is 4. The third kappa shape index (κ3) is 2.51. The number of fused-ring (bicyclic) bond motifs is 1. The van der Waals surface area contributed by atoms with Gasteiger partial charge in [-0.2, -0.15) is 0 Å². The van der Waals surface area contributed by atoms with Crippen LogP contribution >= 0.6 is 11.3 Å². The van der Waals surface area contributed by atoms with E-state index >= 15 is 0 Å². The fourth-order valence-electron chi connectivity index (χ4n) is 1.94. The summed E-state index contributed by atoms with van der Waals surface area (Å²) in [4.78, 5) is 11.5. The number of hydrogen-bond acceptors (Lipinski definition) is 4. The third-order valence-corrected chi connectivity index (χ3v) is 4.02. The molecule has 0 saturated carbocycles. The van der Waals surface area contributed by atoms with E-state index in [0.717, 1.165) is 15.6 Å². The molecule has 0 spiro atoms. The summed E-state index contributed by atoms with van der Waals surface area (Å²) in [6, 6.07) is 3.68. The van der Waals surface area contributed by atoms with E-state index in [0.29, 0.717) is 16.4 Å². The molecule has 19 heavy (non-hydrogen) atoms. The first-order chi connectivity index (χ1) is 8.93. The number of hydrogen-bond donors (Lipinski definition) is 1. The van der Waals surface area contributed by atoms with Gasteiger partial charge in [-0.1, -0.05) is 0 Å². The summed E-state index contributed by atoms with van der Waals surface area (Å²) in [5, 5.41) is 10.1. The van der Waals surface area contributed by atoms with Gasteiger partial charge in [-0.15, -0.1) is 11.3 Å². The average molecular weight is 280 g/mol. The minimum absolute atomic E-state index is 0.0317. The average Bonchev–Trinajstić information content (AvgIpc) is 2.65. The zero-order valence-corrected chi connectivity index (χ0v) is 12.1. The number of aryl methyl sites for hydroxylation is 1. The zero-order valence-electron chi connectivity index (χ0n) is 11.3. The maximum atomic E-state index is 11.2. The van der Waals surface area contributed by atoms with Crippen molar-refractivity contribution in [3.8, 4) is 11.5 Å². The third-order valence-electron chi connectivity index (χ3n) is 2.78. The summed E-state index contributed by atoms with van der Waals surface area (Å²) < 4.78 is 11.9. The quantitative estimate of drug-likeness (QED) is 0.927. The highest BCUT2D eigenvalue weighted by Gasteiger charge is 2.17. The molecule has 0 amide bonds. The molecule has 2 rings (SSSR count). The van der Waals surface area contributed by atoms with Crippen molar-refractivity contribution in [1.29, 1.82) is 0 Å². The van der Waals surface area contributed by atoms with Crippen molar-refractivity contribution in [1.82, 2.24) is 0 Å². The predicted molar refractivity (Wildman–Crippen MR) is 75.8 cm³/mol. The molecule has 1 aromatic carbocycles. The van der Waals surface area contributed by atoms with Crippen molar-refractivity contribution in [2.24, 2.45) is 0 Å². The lowest BCUT2D eigenvalue weighted by Gasteiger charge is -2.13. The van der Waals surface area contributed by atoms with E-state index in [-0.39, 0.29) is 6.10 Å². The second kappa shape index (κ2) is 5.09. The summed E-state index contributed by atoms with van der Waals surface area (Å²) in [6.45, 7) is 5.69. The van der Waals surface area contributed by atoms with Crippen LogP contribution in [-0.2, 0) is 0 Å². The molecule has 0 aliphatic rings. The van der Waals surface area contributed by atoms with Crippen LogP contribution in [0.1, 0.15) is 29.1 Å². The molecule has 0 aliphatic heterocycles. The zero-order chi connectivity index (χ0) is 14.2. The fourth-order valence-corrected chi connectivity index (χ4v) is 3.00. The topological polar surface area (TPSA) is 55.8 Å². The normalized spacial score (nSPS) is 11.0. The molecule has 4 nitrogen and oxygen atoms in total. The van der Waals surface area contributed by atoms with Gasteiger partial charge in [0.2, 0.25) is 0 Å². The Labute approximate surface area is 115 Å². The number of carbonyl (C=O) groups is 1. The predicted octanol–water partition coefficient (Wildman–Crippen LogP) is 3.70. The van der Waals surface area contributed by atoms with E-state index in [1.807, 2.05) is 32.9 Å². The Morgan fingerprint density at radius 1 is 1.32 bits per heavy atom. The second-order valence-electron chi connectivity index (χ2n) is 4.53. The molecule has 0 bridgehead atoms. The van der Waals surface area contributed by atoms with Gasteiger partial charge in [-0.05, 0) is 32.4 Å². The van der Waals surface area contributed by atoms with Crippen LogP contribution in [0.3, 0.4) is 0 Å². The van der Waals surface area contributed by atoms with Gasteiger partial charge in [0.05, 0.1) is 13.2 Å². The lowest BCUT2D eigenvalue weighted by Crippen LogP contribution is -2.06. The highest BCUT2D eigenvalue weighted by atomic mass is 32.1. The van der Waals surface area contributed by atoms with Crippen LogP contribution in [-0.4, -0.2) is 24.3 Å². The van der Waals surface area contributed by atoms with Gasteiger partial charge in [-0.3, -0.25) is 0 Å². The van der Waals surface area contributed by atoms with Crippen LogP contribution in [0.15, 0.2) is 12.1 Å². The van der Waals surface area contributed by atoms with Crippen LogP contribution in [0.2, 0.25) is 0 Å². The first-order valence-corrected chi connectivity index (χ1v) is 6.76. The summed E-state index contributed by atoms with van der Waals surface area (Å²) >= 11 is 1.25. The van der Waals surface area contributed by atoms with E-state index in [1.165, 1.54) is 11.3 Å². The van der Waals surface area contributed by atoms with Crippen molar-refractivity contribution in [3.05, 3.63) is 22.6 Å². The van der Waals surface area contributed by atoms with Crippen LogP contribution in [0.25, 0.3) is 10.1 Å². The highest BCUT2D eigenvalue weighted by Crippen LogP contribution is 2.39. The van der Waals surface area contributed by atoms with Crippen molar-refractivity contribution in [2.45, 2.75) is 26.9 Å². The lowest BCUT2D eigenvalue weighted by atomic mass is 10.1. The van der Waals surface area contributed by atoms with Gasteiger partial charge in [-0.25, -0.2) is 4.79 Å². The van der Waals surface area contributed by atoms with Gasteiger partial charge in [0.15, 0.2) is 11.5 Å². The smallest absolute Gasteiger partial charge is 0.346 e. The minimum Gasteiger partial charge on any atom is -0.493 e. The van der Waals surface area contributed by atoms with Crippen LogP contribution in [0.5, 0.6) is 11.5 Å². The van der Waals surface area contributed by atoms with Crippen molar-refractivity contribution < 1.29 is 19.4 Å². The monoisotopic (exact) mass is 280 g/mol. The van der Waals surface area contributed by atoms with E-state index in [4.69, 9.17) is 14.6 Å². The van der Waals surface area contributed by atoms with E-state index in [2.05, 4.69) is 0 Å². The molecule has 5 heteroatoms. The molecular weight excluding hydrogens is 264 g/mol. The van der Waals surface area contributed by atoms with Gasteiger partial charge < -0.3 is 14.6 Å². The Balaban J connectivity index is 2.64. The fraction of sp³-hybridized carbons (Fsp3) is 0.357. The first kappa shape index (κ1) is 13.7. The summed E-state index contributed by atoms with van der Waals surface area (Å²) in [5.74, 6) is 0.367. The first-order valence-electron chi connectivity index (χ1n) is 5.95. The Bertz CT molecular complexity index is 628. The summed E-state index contributed by atoms with van der Waals surface area (Å²) in [6.07, 6.45) is 0.0317. The highest BCUT2D eigenvalue weighted by molar-refractivity contribution is 7.21. The number of aromatic carboxylic acids is 1. The van der Waals surface area contributed by atoms with E-state index in [9.17, 15) is 4.79 Å². The Morgan fingerprint density at radius 3 is 2.53 bits per heavy atom. The standard InChI is InChI=1S/C14H16O4S/c1-7(2)18-11-5-9-8(3)13(14(15)16)19-12(9)6-10(11)17-4/h5-7H,1-4H3,(H,15,16). The summed E-state index contributed by atoms with van der Waals surface area (Å²) in [7, 11) is 1.58. The number of ether oxygens (including phenoxy) is 2. The molecule has 2 aromatic rings. The van der Waals surface area contributed by atoms with E-state index < -0.39 is 5.97 Å². The maximum Gasteiger partial charge on any atom is 0.346 e. The number of methoxy groups -OCH3 is 1.